The van der Waals surface area contributed by atoms with Crippen molar-refractivity contribution >= 4 is 14.5 Å². The summed E-state index contributed by atoms with van der Waals surface area (Å²) in [6.45, 7) is 4.00. The van der Waals surface area contributed by atoms with E-state index in [0.717, 1.165) is 5.30 Å². The van der Waals surface area contributed by atoms with Crippen molar-refractivity contribution in [2.75, 3.05) is 0 Å². The third kappa shape index (κ3) is 3.58. The zero-order valence-electron chi connectivity index (χ0n) is 6.26. The van der Waals surface area contributed by atoms with E-state index in [2.05, 4.69) is 9.24 Å². The third-order valence-electron chi connectivity index (χ3n) is 0.849. The lowest BCUT2D eigenvalue weighted by atomic mass is 10.4. The zero-order chi connectivity index (χ0) is 7.98. The van der Waals surface area contributed by atoms with Crippen molar-refractivity contribution in [1.29, 1.82) is 0 Å². The highest BCUT2D eigenvalue weighted by Gasteiger charge is 1.84. The highest BCUT2D eigenvalue weighted by Crippen LogP contribution is 1.94. The Morgan fingerprint density at radius 3 is 2.20 bits per heavy atom. The number of rotatable bonds is 0. The molecule has 0 amide bonds. The molecule has 0 spiro atoms. The summed E-state index contributed by atoms with van der Waals surface area (Å²) in [5, 5.41) is 0.880. The molecule has 0 saturated heterocycles. The fourth-order valence-electron chi connectivity index (χ4n) is 0.507. The van der Waals surface area contributed by atoms with Crippen LogP contribution in [-0.2, 0) is 0 Å². The van der Waals surface area contributed by atoms with Crippen LogP contribution >= 0.6 is 9.24 Å². The summed E-state index contributed by atoms with van der Waals surface area (Å²) in [5.41, 5.74) is 0. The van der Waals surface area contributed by atoms with Crippen LogP contribution in [0.5, 0.6) is 0 Å². The summed E-state index contributed by atoms with van der Waals surface area (Å²) in [6, 6.07) is 6.39. The summed E-state index contributed by atoms with van der Waals surface area (Å²) >= 11 is 0. The highest BCUT2D eigenvalue weighted by atomic mass is 31.0. The van der Waals surface area contributed by atoms with Gasteiger partial charge in [-0.3, -0.25) is 0 Å². The van der Waals surface area contributed by atoms with E-state index < -0.39 is 0 Å². The molecule has 1 atom stereocenters. The number of benzene rings is 1. The molecule has 2 heteroatoms. The van der Waals surface area contributed by atoms with Gasteiger partial charge in [-0.25, -0.2) is 4.39 Å². The molecule has 1 rings (SSSR count). The van der Waals surface area contributed by atoms with Gasteiger partial charge in [0.1, 0.15) is 5.82 Å². The molecule has 0 aliphatic heterocycles. The van der Waals surface area contributed by atoms with E-state index in [9.17, 15) is 4.39 Å². The predicted molar refractivity (Wildman–Crippen MR) is 47.1 cm³/mol. The molecule has 0 radical (unpaired) electrons. The van der Waals surface area contributed by atoms with Crippen LogP contribution in [-0.4, -0.2) is 0 Å². The van der Waals surface area contributed by atoms with Crippen LogP contribution in [0.15, 0.2) is 24.3 Å². The summed E-state index contributed by atoms with van der Waals surface area (Å²) in [6.07, 6.45) is 0. The molecule has 1 aromatic rings. The Kier molecular flexibility index (Phi) is 5.15. The number of halogens is 1. The number of hydrogen-bond donors (Lipinski definition) is 0. The minimum absolute atomic E-state index is 0.183. The summed E-state index contributed by atoms with van der Waals surface area (Å²) < 4.78 is 12.2. The molecule has 56 valence electrons. The minimum Gasteiger partial charge on any atom is -0.207 e. The first kappa shape index (κ1) is 9.58. The van der Waals surface area contributed by atoms with Crippen LogP contribution in [0, 0.1) is 5.82 Å². The van der Waals surface area contributed by atoms with Gasteiger partial charge < -0.3 is 0 Å². The van der Waals surface area contributed by atoms with Gasteiger partial charge in [-0.2, -0.15) is 0 Å². The van der Waals surface area contributed by atoms with Crippen molar-refractivity contribution < 1.29 is 4.39 Å². The third-order valence-corrected chi connectivity index (χ3v) is 1.21. The fourth-order valence-corrected chi connectivity index (χ4v) is 0.777. The van der Waals surface area contributed by atoms with Crippen LogP contribution in [0.2, 0.25) is 0 Å². The molecule has 0 bridgehead atoms. The molecular formula is C8H12FP. The lowest BCUT2D eigenvalue weighted by Crippen LogP contribution is -1.87. The second kappa shape index (κ2) is 5.37. The maximum atomic E-state index is 12.2. The average Bonchev–Trinajstić information content (AvgIpc) is 1.91. The molecule has 1 aromatic carbocycles. The van der Waals surface area contributed by atoms with Gasteiger partial charge in [-0.05, 0) is 17.4 Å². The quantitative estimate of drug-likeness (QED) is 0.508. The molecule has 0 saturated carbocycles. The maximum Gasteiger partial charge on any atom is 0.123 e. The molecule has 0 nitrogen and oxygen atoms in total. The Morgan fingerprint density at radius 2 is 1.90 bits per heavy atom. The van der Waals surface area contributed by atoms with E-state index in [1.807, 2.05) is 19.9 Å². The lowest BCUT2D eigenvalue weighted by molar-refractivity contribution is 0.629. The fraction of sp³-hybridized carbons (Fsp3) is 0.250. The smallest absolute Gasteiger partial charge is 0.123 e. The van der Waals surface area contributed by atoms with E-state index >= 15 is 0 Å². The Bertz CT molecular complexity index is 169. The van der Waals surface area contributed by atoms with Crippen LogP contribution in [0.3, 0.4) is 0 Å². The molecule has 10 heavy (non-hydrogen) atoms. The normalized spacial score (nSPS) is 8.00. The Labute approximate surface area is 63.7 Å². The van der Waals surface area contributed by atoms with Gasteiger partial charge in [0.15, 0.2) is 0 Å². The van der Waals surface area contributed by atoms with E-state index in [-0.39, 0.29) is 5.82 Å². The van der Waals surface area contributed by atoms with Gasteiger partial charge in [0.2, 0.25) is 0 Å². The Balaban J connectivity index is 0.000000371. The summed E-state index contributed by atoms with van der Waals surface area (Å²) in [4.78, 5) is 0. The van der Waals surface area contributed by atoms with Crippen LogP contribution < -0.4 is 5.30 Å². The standard InChI is InChI=1S/C6H6FP.C2H6/c7-5-2-1-3-6(8)4-5;1-2/h1-4H,8H2;1-2H3. The lowest BCUT2D eigenvalue weighted by Gasteiger charge is -1.87. The summed E-state index contributed by atoms with van der Waals surface area (Å²) in [7, 11) is 2.42. The SMILES string of the molecule is CC.Fc1cccc(P)c1. The molecule has 0 N–H and O–H groups in total. The molecule has 0 fully saturated rings. The minimum atomic E-state index is -0.183. The van der Waals surface area contributed by atoms with Crippen molar-refractivity contribution in [1.82, 2.24) is 0 Å². The van der Waals surface area contributed by atoms with Gasteiger partial charge >= 0.3 is 0 Å². The predicted octanol–water partition coefficient (Wildman–Crippen LogP) is 2.35. The average molecular weight is 158 g/mol. The van der Waals surface area contributed by atoms with Crippen molar-refractivity contribution in [3.8, 4) is 0 Å². The van der Waals surface area contributed by atoms with E-state index in [0.29, 0.717) is 0 Å². The van der Waals surface area contributed by atoms with Crippen LogP contribution in [0.25, 0.3) is 0 Å². The monoisotopic (exact) mass is 158 g/mol. The molecular weight excluding hydrogens is 146 g/mol. The Hall–Kier alpha value is -0.420. The van der Waals surface area contributed by atoms with Crippen molar-refractivity contribution in [3.05, 3.63) is 30.1 Å². The van der Waals surface area contributed by atoms with Crippen LogP contribution in [0.4, 0.5) is 4.39 Å². The van der Waals surface area contributed by atoms with E-state index in [1.54, 1.807) is 6.07 Å². The van der Waals surface area contributed by atoms with Gasteiger partial charge in [0.25, 0.3) is 0 Å². The molecule has 0 aliphatic rings. The first-order chi connectivity index (χ1) is 4.79. The zero-order valence-corrected chi connectivity index (χ0v) is 7.42. The number of hydrogen-bond acceptors (Lipinski definition) is 0. The van der Waals surface area contributed by atoms with Gasteiger partial charge in [-0.15, -0.1) is 9.24 Å². The van der Waals surface area contributed by atoms with Crippen molar-refractivity contribution in [2.45, 2.75) is 13.8 Å². The molecule has 0 aromatic heterocycles. The molecule has 1 unspecified atom stereocenters. The van der Waals surface area contributed by atoms with Crippen LogP contribution in [0.1, 0.15) is 13.8 Å². The largest absolute Gasteiger partial charge is 0.207 e. The second-order valence-corrected chi connectivity index (χ2v) is 2.22. The maximum absolute atomic E-state index is 12.2. The van der Waals surface area contributed by atoms with Crippen molar-refractivity contribution in [3.63, 3.8) is 0 Å². The van der Waals surface area contributed by atoms with E-state index in [1.165, 1.54) is 12.1 Å². The first-order valence-corrected chi connectivity index (χ1v) is 3.88. The summed E-state index contributed by atoms with van der Waals surface area (Å²) in [5.74, 6) is -0.183. The second-order valence-electron chi connectivity index (χ2n) is 1.56. The van der Waals surface area contributed by atoms with Gasteiger partial charge in [0, 0.05) is 0 Å². The molecule has 0 aliphatic carbocycles. The highest BCUT2D eigenvalue weighted by molar-refractivity contribution is 7.27. The van der Waals surface area contributed by atoms with Gasteiger partial charge in [-0.1, -0.05) is 26.0 Å². The van der Waals surface area contributed by atoms with Crippen molar-refractivity contribution in [2.24, 2.45) is 0 Å². The van der Waals surface area contributed by atoms with E-state index in [4.69, 9.17) is 0 Å². The Morgan fingerprint density at radius 1 is 1.30 bits per heavy atom. The van der Waals surface area contributed by atoms with Gasteiger partial charge in [0.05, 0.1) is 0 Å². The topological polar surface area (TPSA) is 0 Å². The molecule has 0 heterocycles. The first-order valence-electron chi connectivity index (χ1n) is 3.30.